The van der Waals surface area contributed by atoms with Crippen LogP contribution in [0.4, 0.5) is 0 Å². The van der Waals surface area contributed by atoms with Gasteiger partial charge in [0.05, 0.1) is 75.6 Å². The first-order chi connectivity index (χ1) is 25.5. The lowest BCUT2D eigenvalue weighted by Gasteiger charge is -2.38. The van der Waals surface area contributed by atoms with Crippen molar-refractivity contribution in [3.63, 3.8) is 0 Å². The van der Waals surface area contributed by atoms with Crippen LogP contribution in [0.15, 0.2) is 49.1 Å². The maximum absolute atomic E-state index is 13.0. The highest BCUT2D eigenvalue weighted by molar-refractivity contribution is 6.36. The molecule has 6 heterocycles. The summed E-state index contributed by atoms with van der Waals surface area (Å²) in [6.45, 7) is 3.72. The number of hydrogen-bond acceptors (Lipinski definition) is 12. The van der Waals surface area contributed by atoms with Crippen molar-refractivity contribution >= 4 is 58.0 Å². The molecule has 4 aliphatic heterocycles. The third-order valence-corrected chi connectivity index (χ3v) is 10.6. The first-order valence-corrected chi connectivity index (χ1v) is 17.9. The molecule has 1 N–H and O–H groups in total. The lowest BCUT2D eigenvalue weighted by Crippen LogP contribution is -2.50. The Hall–Kier alpha value is -4.04. The summed E-state index contributed by atoms with van der Waals surface area (Å²) in [5.41, 5.74) is 1.28. The van der Waals surface area contributed by atoms with Crippen LogP contribution in [-0.4, -0.2) is 86.6 Å². The van der Waals surface area contributed by atoms with Gasteiger partial charge in [-0.3, -0.25) is 19.6 Å². The zero-order chi connectivity index (χ0) is 37.3. The van der Waals surface area contributed by atoms with Gasteiger partial charge in [-0.2, -0.15) is 0 Å². The van der Waals surface area contributed by atoms with Gasteiger partial charge in [0.1, 0.15) is 26.4 Å². The van der Waals surface area contributed by atoms with Crippen molar-refractivity contribution in [2.75, 3.05) is 60.0 Å². The molecule has 53 heavy (non-hydrogen) atoms. The van der Waals surface area contributed by atoms with E-state index >= 15 is 0 Å². The van der Waals surface area contributed by atoms with Gasteiger partial charge in [-0.15, -0.1) is 0 Å². The van der Waals surface area contributed by atoms with E-state index < -0.39 is 0 Å². The number of phenols is 1. The fourth-order valence-electron chi connectivity index (χ4n) is 6.08. The minimum absolute atomic E-state index is 0.0188. The number of phenolic OH excluding ortho intramolecular Hbond substituents is 1. The Morgan fingerprint density at radius 3 is 1.43 bits per heavy atom. The number of carbonyl (C=O) groups is 2. The Bertz CT molecular complexity index is 2030. The Labute approximate surface area is 324 Å². The van der Waals surface area contributed by atoms with Crippen molar-refractivity contribution in [1.82, 2.24) is 9.97 Å². The van der Waals surface area contributed by atoms with Gasteiger partial charge in [0.2, 0.25) is 11.5 Å². The van der Waals surface area contributed by atoms with Gasteiger partial charge < -0.3 is 38.3 Å². The van der Waals surface area contributed by atoms with Crippen LogP contribution >= 0.6 is 46.4 Å². The van der Waals surface area contributed by atoms with Crippen LogP contribution in [0.25, 0.3) is 0 Å². The summed E-state index contributed by atoms with van der Waals surface area (Å²) in [5.74, 6) is 1.22. The summed E-state index contributed by atoms with van der Waals surface area (Å²) in [6, 6.07) is 6.29. The van der Waals surface area contributed by atoms with Gasteiger partial charge >= 0.3 is 0 Å². The van der Waals surface area contributed by atoms with Gasteiger partial charge in [0.15, 0.2) is 34.6 Å². The van der Waals surface area contributed by atoms with Crippen LogP contribution in [0.2, 0.25) is 20.1 Å². The first-order valence-electron chi connectivity index (χ1n) is 16.4. The van der Waals surface area contributed by atoms with E-state index in [2.05, 4.69) is 9.97 Å². The number of Topliss-reactive ketones (excluding diaryl/α,β-unsaturated/α-hetero) is 2. The number of aromatic hydroxyl groups is 1. The molecule has 2 fully saturated rings. The highest BCUT2D eigenvalue weighted by Gasteiger charge is 2.45. The molecule has 2 spiro atoms. The van der Waals surface area contributed by atoms with Gasteiger partial charge in [0.25, 0.3) is 0 Å². The Balaban J connectivity index is 0.000000164. The summed E-state index contributed by atoms with van der Waals surface area (Å²) in [5, 5.41) is 11.5. The van der Waals surface area contributed by atoms with Crippen LogP contribution in [-0.2, 0) is 22.3 Å². The third kappa shape index (κ3) is 7.53. The molecular formula is C37H32Cl4N2O10. The van der Waals surface area contributed by atoms with Crippen LogP contribution in [0.5, 0.6) is 34.5 Å². The number of benzene rings is 2. The van der Waals surface area contributed by atoms with Gasteiger partial charge in [-0.25, -0.2) is 0 Å². The van der Waals surface area contributed by atoms with Gasteiger partial charge in [-0.1, -0.05) is 46.4 Å². The zero-order valence-corrected chi connectivity index (χ0v) is 31.2. The highest BCUT2D eigenvalue weighted by Crippen LogP contribution is 2.47. The molecule has 0 bridgehead atoms. The summed E-state index contributed by atoms with van der Waals surface area (Å²) in [6.07, 6.45) is 5.81. The smallest absolute Gasteiger partial charge is 0.204 e. The van der Waals surface area contributed by atoms with Crippen molar-refractivity contribution in [3.05, 3.63) is 91.4 Å². The van der Waals surface area contributed by atoms with Crippen LogP contribution in [0.1, 0.15) is 31.8 Å². The predicted molar refractivity (Wildman–Crippen MR) is 194 cm³/mol. The minimum Gasteiger partial charge on any atom is -0.504 e. The number of ketones is 2. The first kappa shape index (κ1) is 37.3. The molecule has 0 radical (unpaired) electrons. The van der Waals surface area contributed by atoms with Crippen molar-refractivity contribution in [2.24, 2.45) is 10.8 Å². The number of nitrogens with zero attached hydrogens (tertiary/aromatic N) is 2. The van der Waals surface area contributed by atoms with Crippen molar-refractivity contribution in [3.8, 4) is 34.5 Å². The van der Waals surface area contributed by atoms with Crippen molar-refractivity contribution in [2.45, 2.75) is 12.8 Å². The minimum atomic E-state index is -0.249. The number of fused-ring (bicyclic) bond motifs is 2. The average molecular weight is 806 g/mol. The van der Waals surface area contributed by atoms with E-state index in [1.165, 1.54) is 36.9 Å². The molecule has 0 amide bonds. The van der Waals surface area contributed by atoms with E-state index in [4.69, 9.17) is 79.6 Å². The van der Waals surface area contributed by atoms with Gasteiger partial charge in [0, 0.05) is 48.8 Å². The lowest BCUT2D eigenvalue weighted by atomic mass is 9.88. The summed E-state index contributed by atoms with van der Waals surface area (Å²) < 4.78 is 39.6. The highest BCUT2D eigenvalue weighted by atomic mass is 35.5. The van der Waals surface area contributed by atoms with E-state index in [9.17, 15) is 14.7 Å². The second kappa shape index (κ2) is 15.4. The molecule has 0 unspecified atom stereocenters. The SMILES string of the molecule is COc1ccc(C(=O)Cc2c(Cl)cncc2Cl)c2c1OCC1(COC1)CO2.O=C(Cc1c(Cl)cncc1Cl)c1ccc(O)c2c1OCC1(COC1)CO2. The zero-order valence-electron chi connectivity index (χ0n) is 28.2. The monoisotopic (exact) mass is 804 g/mol. The summed E-state index contributed by atoms with van der Waals surface area (Å²) in [4.78, 5) is 33.7. The molecule has 0 saturated carbocycles. The lowest BCUT2D eigenvalue weighted by molar-refractivity contribution is -0.143. The Morgan fingerprint density at radius 2 is 1.02 bits per heavy atom. The van der Waals surface area contributed by atoms with E-state index in [1.807, 2.05) is 0 Å². The molecule has 2 aromatic carbocycles. The molecule has 8 rings (SSSR count). The summed E-state index contributed by atoms with van der Waals surface area (Å²) >= 11 is 24.5. The number of ether oxygens (including phenoxy) is 7. The predicted octanol–water partition coefficient (Wildman–Crippen LogP) is 6.92. The number of hydrogen-bond donors (Lipinski definition) is 1. The molecule has 16 heteroatoms. The van der Waals surface area contributed by atoms with E-state index in [0.717, 1.165) is 0 Å². The topological polar surface area (TPSA) is 145 Å². The summed E-state index contributed by atoms with van der Waals surface area (Å²) in [7, 11) is 1.55. The van der Waals surface area contributed by atoms with E-state index in [-0.39, 0.29) is 52.5 Å². The number of methoxy groups -OCH3 is 1. The molecule has 2 saturated heterocycles. The second-order valence-corrected chi connectivity index (χ2v) is 14.9. The Kier molecular flexibility index (Phi) is 10.8. The van der Waals surface area contributed by atoms with Gasteiger partial charge in [-0.05, 0) is 24.3 Å². The largest absolute Gasteiger partial charge is 0.504 e. The third-order valence-electron chi connectivity index (χ3n) is 9.29. The van der Waals surface area contributed by atoms with E-state index in [1.54, 1.807) is 19.2 Å². The van der Waals surface area contributed by atoms with Crippen molar-refractivity contribution in [1.29, 1.82) is 0 Å². The van der Waals surface area contributed by atoms with Crippen LogP contribution in [0, 0.1) is 10.8 Å². The van der Waals surface area contributed by atoms with E-state index in [0.29, 0.717) is 112 Å². The molecule has 0 atom stereocenters. The van der Waals surface area contributed by atoms with Crippen LogP contribution < -0.4 is 23.7 Å². The van der Waals surface area contributed by atoms with Crippen molar-refractivity contribution < 1.29 is 47.9 Å². The number of aromatic nitrogens is 2. The fourth-order valence-corrected chi connectivity index (χ4v) is 7.08. The normalized spacial score (nSPS) is 17.3. The molecule has 2 aromatic heterocycles. The fraction of sp³-hybridized carbons (Fsp3) is 0.351. The maximum atomic E-state index is 13.0. The number of halogens is 4. The maximum Gasteiger partial charge on any atom is 0.204 e. The molecule has 12 nitrogen and oxygen atoms in total. The molecule has 0 aliphatic carbocycles. The standard InChI is InChI=1S/C19H17Cl2NO5.C18H15Cl2NO5/c1-24-16-3-2-11(15(23)4-12-13(20)5-22-6-14(12)21)17-18(16)27-10-19(9-26-17)7-25-8-19;19-12-4-21-5-13(20)11(12)3-15(23)10-1-2-14(22)17-16(10)25-8-18(9-26-17)6-24-7-18/h2-3,5-6H,4,7-10H2,1H3;1-2,4-5,22H,3,6-9H2. The quantitative estimate of drug-likeness (QED) is 0.194. The molecule has 4 aliphatic rings. The molecule has 4 aromatic rings. The number of rotatable bonds is 7. The Morgan fingerprint density at radius 1 is 0.623 bits per heavy atom. The molecule has 278 valence electrons. The number of carbonyl (C=O) groups excluding carboxylic acids is 2. The second-order valence-electron chi connectivity index (χ2n) is 13.3. The molecular weight excluding hydrogens is 774 g/mol. The average Bonchev–Trinajstić information content (AvgIpc) is 3.46. The number of pyridine rings is 2. The van der Waals surface area contributed by atoms with Crippen LogP contribution in [0.3, 0.4) is 0 Å².